The van der Waals surface area contributed by atoms with E-state index in [0.29, 0.717) is 26.2 Å². The van der Waals surface area contributed by atoms with Crippen molar-refractivity contribution in [2.24, 2.45) is 5.92 Å². The normalized spacial score (nSPS) is 12.2. The number of halogens is 2. The van der Waals surface area contributed by atoms with E-state index in [1.165, 1.54) is 0 Å². The summed E-state index contributed by atoms with van der Waals surface area (Å²) in [5, 5.41) is 2.64. The number of carbonyl (C=O) groups is 3. The van der Waals surface area contributed by atoms with Crippen LogP contribution in [0.2, 0.25) is 0 Å². The molecular weight excluding hydrogens is 530 g/mol. The number of Topliss-reactive ketones (excluding diaryl/α,β-unsaturated/α-hetero) is 1. The number of ketones is 1. The summed E-state index contributed by atoms with van der Waals surface area (Å²) in [4.78, 5) is 35.0. The average Bonchev–Trinajstić information content (AvgIpc) is 2.49. The number of ether oxygens (including phenoxy) is 2. The van der Waals surface area contributed by atoms with E-state index in [0.717, 1.165) is 6.54 Å². The van der Waals surface area contributed by atoms with Gasteiger partial charge in [0.25, 0.3) is 0 Å². The Bertz CT molecular complexity index is 380. The van der Waals surface area contributed by atoms with Crippen LogP contribution in [0.5, 0.6) is 0 Å². The SMILES string of the molecule is CC(C)C(=O)C(CCC(=O)I)NC(=O)COCCOCCNI. The Morgan fingerprint density at radius 3 is 2.30 bits per heavy atom. The van der Waals surface area contributed by atoms with E-state index >= 15 is 0 Å². The molecule has 0 fully saturated rings. The Morgan fingerprint density at radius 2 is 1.74 bits per heavy atom. The predicted molar refractivity (Wildman–Crippen MR) is 104 cm³/mol. The zero-order valence-electron chi connectivity index (χ0n) is 13.4. The van der Waals surface area contributed by atoms with E-state index in [-0.39, 0.29) is 34.4 Å². The molecule has 0 saturated heterocycles. The van der Waals surface area contributed by atoms with Crippen LogP contribution in [0.15, 0.2) is 0 Å². The summed E-state index contributed by atoms with van der Waals surface area (Å²) in [7, 11) is 0. The molecule has 0 bridgehead atoms. The van der Waals surface area contributed by atoms with E-state index in [1.54, 1.807) is 36.4 Å². The number of nitrogens with one attached hydrogen (secondary N) is 2. The summed E-state index contributed by atoms with van der Waals surface area (Å²) in [6.07, 6.45) is 0.570. The highest BCUT2D eigenvalue weighted by atomic mass is 127. The molecule has 0 aliphatic heterocycles. The Kier molecular flexibility index (Phi) is 14.6. The highest BCUT2D eigenvalue weighted by Gasteiger charge is 2.23. The number of hydrogen-bond donors (Lipinski definition) is 2. The average molecular weight is 554 g/mol. The lowest BCUT2D eigenvalue weighted by molar-refractivity contribution is -0.132. The molecule has 0 spiro atoms. The Labute approximate surface area is 164 Å². The summed E-state index contributed by atoms with van der Waals surface area (Å²) in [6.45, 7) is 5.45. The monoisotopic (exact) mass is 554 g/mol. The lowest BCUT2D eigenvalue weighted by atomic mass is 9.98. The largest absolute Gasteiger partial charge is 0.378 e. The van der Waals surface area contributed by atoms with Crippen LogP contribution < -0.4 is 8.85 Å². The first-order chi connectivity index (χ1) is 10.9. The van der Waals surface area contributed by atoms with Gasteiger partial charge in [0, 0.05) is 41.7 Å². The predicted octanol–water partition coefficient (Wildman–Crippen LogP) is 1.41. The van der Waals surface area contributed by atoms with Crippen LogP contribution in [0.4, 0.5) is 0 Å². The van der Waals surface area contributed by atoms with Gasteiger partial charge in [0.2, 0.25) is 5.91 Å². The molecule has 1 atom stereocenters. The van der Waals surface area contributed by atoms with Gasteiger partial charge in [-0.3, -0.25) is 17.9 Å². The second kappa shape index (κ2) is 14.5. The molecule has 0 aliphatic rings. The van der Waals surface area contributed by atoms with Gasteiger partial charge in [-0.2, -0.15) is 0 Å². The van der Waals surface area contributed by atoms with Crippen LogP contribution in [-0.2, 0) is 23.9 Å². The molecule has 0 saturated carbocycles. The van der Waals surface area contributed by atoms with Gasteiger partial charge in [0.15, 0.2) is 9.57 Å². The minimum Gasteiger partial charge on any atom is -0.378 e. The molecule has 9 heteroatoms. The topological polar surface area (TPSA) is 93.7 Å². The maximum Gasteiger partial charge on any atom is 0.246 e. The molecule has 0 aromatic heterocycles. The summed E-state index contributed by atoms with van der Waals surface area (Å²) in [6, 6.07) is -0.643. The van der Waals surface area contributed by atoms with Crippen molar-refractivity contribution in [2.75, 3.05) is 33.0 Å². The van der Waals surface area contributed by atoms with Crippen molar-refractivity contribution >= 4 is 60.9 Å². The fraction of sp³-hybridized carbons (Fsp3) is 0.786. The van der Waals surface area contributed by atoms with Crippen molar-refractivity contribution in [3.05, 3.63) is 0 Å². The second-order valence-corrected chi connectivity index (χ2v) is 7.09. The minimum atomic E-state index is -0.643. The molecule has 0 heterocycles. The third-order valence-corrected chi connectivity index (χ3v) is 3.90. The lowest BCUT2D eigenvalue weighted by Gasteiger charge is -2.19. The van der Waals surface area contributed by atoms with E-state index in [9.17, 15) is 14.4 Å². The molecule has 0 aromatic rings. The van der Waals surface area contributed by atoms with Gasteiger partial charge < -0.3 is 14.8 Å². The molecule has 134 valence electrons. The molecule has 7 nitrogen and oxygen atoms in total. The Morgan fingerprint density at radius 1 is 1.09 bits per heavy atom. The molecule has 1 amide bonds. The quantitative estimate of drug-likeness (QED) is 0.146. The van der Waals surface area contributed by atoms with Crippen LogP contribution in [0, 0.1) is 5.92 Å². The van der Waals surface area contributed by atoms with Gasteiger partial charge in [-0.1, -0.05) is 13.8 Å². The highest BCUT2D eigenvalue weighted by Crippen LogP contribution is 2.08. The standard InChI is InChI=1S/C14H24I2N2O5/c1-10(2)14(21)11(3-4-12(15)19)18-13(20)9-23-8-7-22-6-5-17-16/h10-11,17H,3-9H2,1-2H3,(H,18,20). The Balaban J connectivity index is 4.07. The van der Waals surface area contributed by atoms with Crippen molar-refractivity contribution < 1.29 is 23.9 Å². The highest BCUT2D eigenvalue weighted by molar-refractivity contribution is 14.1. The number of carbonyl (C=O) groups excluding carboxylic acids is 3. The molecule has 23 heavy (non-hydrogen) atoms. The fourth-order valence-electron chi connectivity index (χ4n) is 1.68. The smallest absolute Gasteiger partial charge is 0.246 e. The molecule has 0 aromatic carbocycles. The van der Waals surface area contributed by atoms with Crippen molar-refractivity contribution in [2.45, 2.75) is 32.7 Å². The van der Waals surface area contributed by atoms with Crippen molar-refractivity contribution in [1.29, 1.82) is 0 Å². The molecule has 1 unspecified atom stereocenters. The first-order valence-corrected chi connectivity index (χ1v) is 9.54. The molecule has 0 radical (unpaired) electrons. The van der Waals surface area contributed by atoms with Gasteiger partial charge in [-0.15, -0.1) is 0 Å². The first-order valence-electron chi connectivity index (χ1n) is 7.38. The summed E-state index contributed by atoms with van der Waals surface area (Å²) >= 11 is 3.72. The zero-order chi connectivity index (χ0) is 17.7. The van der Waals surface area contributed by atoms with E-state index in [2.05, 4.69) is 8.85 Å². The lowest BCUT2D eigenvalue weighted by Crippen LogP contribution is -2.44. The third kappa shape index (κ3) is 13.2. The van der Waals surface area contributed by atoms with E-state index in [1.807, 2.05) is 22.9 Å². The van der Waals surface area contributed by atoms with Gasteiger partial charge in [0.1, 0.15) is 6.61 Å². The van der Waals surface area contributed by atoms with Gasteiger partial charge in [-0.05, 0) is 29.0 Å². The van der Waals surface area contributed by atoms with Crippen LogP contribution >= 0.6 is 45.5 Å². The maximum absolute atomic E-state index is 12.1. The minimum absolute atomic E-state index is 0.0344. The van der Waals surface area contributed by atoms with Crippen molar-refractivity contribution in [3.63, 3.8) is 0 Å². The van der Waals surface area contributed by atoms with E-state index in [4.69, 9.17) is 9.47 Å². The van der Waals surface area contributed by atoms with Gasteiger partial charge >= 0.3 is 0 Å². The van der Waals surface area contributed by atoms with Crippen LogP contribution in [0.25, 0.3) is 0 Å². The van der Waals surface area contributed by atoms with Gasteiger partial charge in [-0.25, -0.2) is 0 Å². The maximum atomic E-state index is 12.1. The summed E-state index contributed by atoms with van der Waals surface area (Å²) < 4.78 is 13.3. The first kappa shape index (κ1) is 23.1. The number of amides is 1. The van der Waals surface area contributed by atoms with Crippen molar-refractivity contribution in [3.8, 4) is 0 Å². The fourth-order valence-corrected chi connectivity index (χ4v) is 2.21. The summed E-state index contributed by atoms with van der Waals surface area (Å²) in [5.74, 6) is -0.644. The van der Waals surface area contributed by atoms with Crippen molar-refractivity contribution in [1.82, 2.24) is 8.85 Å². The number of rotatable bonds is 14. The number of hydrogen-bond acceptors (Lipinski definition) is 6. The second-order valence-electron chi connectivity index (χ2n) is 5.12. The van der Waals surface area contributed by atoms with Crippen LogP contribution in [0.3, 0.4) is 0 Å². The summed E-state index contributed by atoms with van der Waals surface area (Å²) in [5.41, 5.74) is 0. The van der Waals surface area contributed by atoms with E-state index < -0.39 is 6.04 Å². The van der Waals surface area contributed by atoms with Gasteiger partial charge in [0.05, 0.1) is 25.9 Å². The Hall–Kier alpha value is 0.150. The van der Waals surface area contributed by atoms with Crippen LogP contribution in [0.1, 0.15) is 26.7 Å². The third-order valence-electron chi connectivity index (χ3n) is 2.82. The molecular formula is C14H24I2N2O5. The molecule has 0 rings (SSSR count). The molecule has 0 aliphatic carbocycles. The zero-order valence-corrected chi connectivity index (χ0v) is 17.7. The molecule has 2 N–H and O–H groups in total. The van der Waals surface area contributed by atoms with Crippen LogP contribution in [-0.4, -0.2) is 54.5 Å².